The van der Waals surface area contributed by atoms with E-state index in [1.807, 2.05) is 12.1 Å². The molecular weight excluding hydrogens is 282 g/mol. The molecule has 0 unspecified atom stereocenters. The highest BCUT2D eigenvalue weighted by atomic mass is 16.5. The van der Waals surface area contributed by atoms with Crippen LogP contribution in [0.25, 0.3) is 11.3 Å². The summed E-state index contributed by atoms with van der Waals surface area (Å²) in [6.07, 6.45) is 1.86. The highest BCUT2D eigenvalue weighted by Gasteiger charge is 2.11. The van der Waals surface area contributed by atoms with Crippen molar-refractivity contribution in [1.29, 1.82) is 0 Å². The first-order chi connectivity index (χ1) is 10.6. The maximum atomic E-state index is 12.0. The highest BCUT2D eigenvalue weighted by Crippen LogP contribution is 2.31. The van der Waals surface area contributed by atoms with Gasteiger partial charge in [0, 0.05) is 12.1 Å². The first-order valence-electron chi connectivity index (χ1n) is 7.20. The Balaban J connectivity index is 2.48. The lowest BCUT2D eigenvalue weighted by Gasteiger charge is -2.11. The number of methoxy groups -OCH3 is 2. The van der Waals surface area contributed by atoms with Gasteiger partial charge in [-0.3, -0.25) is 4.79 Å². The van der Waals surface area contributed by atoms with Crippen LogP contribution in [0.5, 0.6) is 11.5 Å². The van der Waals surface area contributed by atoms with Crippen LogP contribution in [-0.2, 0) is 6.54 Å². The van der Waals surface area contributed by atoms with Gasteiger partial charge < -0.3 is 15.2 Å². The van der Waals surface area contributed by atoms with Crippen LogP contribution >= 0.6 is 0 Å². The van der Waals surface area contributed by atoms with Crippen molar-refractivity contribution in [2.24, 2.45) is 0 Å². The number of aromatic nitrogens is 2. The molecule has 0 aliphatic heterocycles. The quantitative estimate of drug-likeness (QED) is 0.886. The molecule has 0 aliphatic rings. The highest BCUT2D eigenvalue weighted by molar-refractivity contribution is 5.66. The molecule has 2 rings (SSSR count). The zero-order valence-electron chi connectivity index (χ0n) is 13.1. The van der Waals surface area contributed by atoms with Crippen LogP contribution in [0.4, 0.5) is 5.69 Å². The molecule has 0 radical (unpaired) electrons. The van der Waals surface area contributed by atoms with Crippen molar-refractivity contribution < 1.29 is 9.47 Å². The normalized spacial score (nSPS) is 10.5. The lowest BCUT2D eigenvalue weighted by Crippen LogP contribution is -2.25. The fourth-order valence-electron chi connectivity index (χ4n) is 2.16. The zero-order chi connectivity index (χ0) is 16.1. The van der Waals surface area contributed by atoms with E-state index >= 15 is 0 Å². The van der Waals surface area contributed by atoms with Crippen molar-refractivity contribution >= 4 is 5.69 Å². The van der Waals surface area contributed by atoms with E-state index < -0.39 is 0 Å². The fourth-order valence-corrected chi connectivity index (χ4v) is 2.16. The minimum Gasteiger partial charge on any atom is -0.493 e. The third-order valence-electron chi connectivity index (χ3n) is 3.40. The van der Waals surface area contributed by atoms with E-state index in [1.54, 1.807) is 26.4 Å². The summed E-state index contributed by atoms with van der Waals surface area (Å²) in [7, 11) is 3.16. The molecule has 118 valence electrons. The van der Waals surface area contributed by atoms with Gasteiger partial charge in [-0.15, -0.1) is 0 Å². The monoisotopic (exact) mass is 303 g/mol. The number of hydrogen-bond donors (Lipinski definition) is 1. The summed E-state index contributed by atoms with van der Waals surface area (Å²) in [6.45, 7) is 2.62. The third kappa shape index (κ3) is 3.21. The van der Waals surface area contributed by atoms with Gasteiger partial charge in [0.1, 0.15) is 5.69 Å². The van der Waals surface area contributed by atoms with Crippen LogP contribution in [0.15, 0.2) is 29.1 Å². The van der Waals surface area contributed by atoms with E-state index in [9.17, 15) is 4.79 Å². The summed E-state index contributed by atoms with van der Waals surface area (Å²) in [5.74, 6) is 1.24. The van der Waals surface area contributed by atoms with Gasteiger partial charge in [0.2, 0.25) is 0 Å². The maximum Gasteiger partial charge on any atom is 0.289 e. The molecule has 0 bridgehead atoms. The van der Waals surface area contributed by atoms with Crippen LogP contribution in [0.2, 0.25) is 0 Å². The number of benzene rings is 1. The first kappa shape index (κ1) is 15.9. The summed E-state index contributed by atoms with van der Waals surface area (Å²) in [5.41, 5.74) is 7.21. The van der Waals surface area contributed by atoms with Gasteiger partial charge in [0.05, 0.1) is 19.9 Å². The Hall–Kier alpha value is -2.50. The largest absolute Gasteiger partial charge is 0.493 e. The lowest BCUT2D eigenvalue weighted by atomic mass is 10.1. The number of anilines is 1. The third-order valence-corrected chi connectivity index (χ3v) is 3.40. The molecule has 0 amide bonds. The average molecular weight is 303 g/mol. The van der Waals surface area contributed by atoms with E-state index in [0.29, 0.717) is 23.7 Å². The topological polar surface area (TPSA) is 79.4 Å². The number of unbranched alkanes of at least 4 members (excludes halogenated alkanes) is 1. The summed E-state index contributed by atoms with van der Waals surface area (Å²) in [6, 6.07) is 7.06. The minimum absolute atomic E-state index is 0.191. The number of rotatable bonds is 6. The second-order valence-electron chi connectivity index (χ2n) is 4.94. The Labute approximate surface area is 129 Å². The van der Waals surface area contributed by atoms with Crippen LogP contribution in [0.3, 0.4) is 0 Å². The second-order valence-corrected chi connectivity index (χ2v) is 4.94. The number of ether oxygens (including phenoxy) is 2. The van der Waals surface area contributed by atoms with Crippen LogP contribution in [0, 0.1) is 0 Å². The van der Waals surface area contributed by atoms with Crippen molar-refractivity contribution in [1.82, 2.24) is 9.78 Å². The van der Waals surface area contributed by atoms with E-state index in [2.05, 4.69) is 12.0 Å². The van der Waals surface area contributed by atoms with Crippen molar-refractivity contribution in [3.05, 3.63) is 34.6 Å². The summed E-state index contributed by atoms with van der Waals surface area (Å²) in [5, 5.41) is 4.40. The van der Waals surface area contributed by atoms with Gasteiger partial charge in [0.15, 0.2) is 11.5 Å². The fraction of sp³-hybridized carbons (Fsp3) is 0.375. The van der Waals surface area contributed by atoms with Crippen LogP contribution in [-0.4, -0.2) is 24.0 Å². The van der Waals surface area contributed by atoms with Gasteiger partial charge in [-0.05, 0) is 30.7 Å². The Bertz CT molecular complexity index is 710. The Morgan fingerprint density at radius 1 is 1.18 bits per heavy atom. The Kier molecular flexibility index (Phi) is 5.04. The second kappa shape index (κ2) is 6.98. The van der Waals surface area contributed by atoms with E-state index in [1.165, 1.54) is 4.68 Å². The average Bonchev–Trinajstić information content (AvgIpc) is 2.55. The van der Waals surface area contributed by atoms with Crippen molar-refractivity contribution in [2.45, 2.75) is 26.3 Å². The molecule has 22 heavy (non-hydrogen) atoms. The molecule has 0 spiro atoms. The smallest absolute Gasteiger partial charge is 0.289 e. The van der Waals surface area contributed by atoms with Crippen LogP contribution < -0.4 is 20.8 Å². The molecule has 2 N–H and O–H groups in total. The van der Waals surface area contributed by atoms with Crippen molar-refractivity contribution in [3.8, 4) is 22.8 Å². The van der Waals surface area contributed by atoms with Crippen molar-refractivity contribution in [3.63, 3.8) is 0 Å². The molecule has 0 atom stereocenters. The number of aryl methyl sites for hydroxylation is 1. The molecule has 6 nitrogen and oxygen atoms in total. The Morgan fingerprint density at radius 3 is 2.55 bits per heavy atom. The number of nitrogen functional groups attached to an aromatic ring is 1. The standard InChI is InChI=1S/C16H21N3O3/c1-4-5-8-19-16(20)12(17)10-13(18-19)11-6-7-14(21-2)15(9-11)22-3/h6-7,9-10H,4-5,8,17H2,1-3H3. The molecule has 0 aliphatic carbocycles. The molecule has 0 saturated heterocycles. The zero-order valence-corrected chi connectivity index (χ0v) is 13.1. The SMILES string of the molecule is CCCCn1nc(-c2ccc(OC)c(OC)c2)cc(N)c1=O. The van der Waals surface area contributed by atoms with Gasteiger partial charge in [-0.1, -0.05) is 13.3 Å². The molecule has 0 saturated carbocycles. The predicted octanol–water partition coefficient (Wildman–Crippen LogP) is 2.31. The number of hydrogen-bond acceptors (Lipinski definition) is 5. The molecule has 0 fully saturated rings. The first-order valence-corrected chi connectivity index (χ1v) is 7.20. The summed E-state index contributed by atoms with van der Waals surface area (Å²) < 4.78 is 11.9. The van der Waals surface area contributed by atoms with E-state index in [4.69, 9.17) is 15.2 Å². The molecule has 1 aromatic carbocycles. The van der Waals surface area contributed by atoms with E-state index in [-0.39, 0.29) is 11.2 Å². The van der Waals surface area contributed by atoms with Gasteiger partial charge in [-0.25, -0.2) is 4.68 Å². The molecule has 1 aromatic heterocycles. The number of nitrogens with zero attached hydrogens (tertiary/aromatic N) is 2. The van der Waals surface area contributed by atoms with Crippen LogP contribution in [0.1, 0.15) is 19.8 Å². The predicted molar refractivity (Wildman–Crippen MR) is 86.4 cm³/mol. The molecule has 6 heteroatoms. The summed E-state index contributed by atoms with van der Waals surface area (Å²) >= 11 is 0. The van der Waals surface area contributed by atoms with Gasteiger partial charge in [-0.2, -0.15) is 5.10 Å². The maximum absolute atomic E-state index is 12.0. The molecule has 1 heterocycles. The number of nitrogens with two attached hydrogens (primary N) is 1. The van der Waals surface area contributed by atoms with Gasteiger partial charge in [0.25, 0.3) is 5.56 Å². The molecule has 2 aromatic rings. The van der Waals surface area contributed by atoms with E-state index in [0.717, 1.165) is 18.4 Å². The Morgan fingerprint density at radius 2 is 1.91 bits per heavy atom. The van der Waals surface area contributed by atoms with Crippen molar-refractivity contribution in [2.75, 3.05) is 20.0 Å². The summed E-state index contributed by atoms with van der Waals surface area (Å²) in [4.78, 5) is 12.0. The molecular formula is C16H21N3O3. The van der Waals surface area contributed by atoms with Gasteiger partial charge >= 0.3 is 0 Å². The minimum atomic E-state index is -0.252. The lowest BCUT2D eigenvalue weighted by molar-refractivity contribution is 0.355.